The molecule has 2 aliphatic rings. The van der Waals surface area contributed by atoms with Crippen LogP contribution in [0.5, 0.6) is 11.5 Å². The fourth-order valence-electron chi connectivity index (χ4n) is 3.66. The predicted octanol–water partition coefficient (Wildman–Crippen LogP) is 2.35. The number of hydrogen-bond donors (Lipinski definition) is 4. The number of carbonyl (C=O) groups excluding carboxylic acids is 2. The largest absolute Gasteiger partial charge is 0.486 e. The summed E-state index contributed by atoms with van der Waals surface area (Å²) in [5.74, 6) is -0.548. The second-order valence-electron chi connectivity index (χ2n) is 7.32. The van der Waals surface area contributed by atoms with E-state index in [2.05, 4.69) is 25.9 Å². The van der Waals surface area contributed by atoms with Gasteiger partial charge in [-0.1, -0.05) is 18.2 Å². The van der Waals surface area contributed by atoms with Gasteiger partial charge in [0.15, 0.2) is 11.5 Å². The van der Waals surface area contributed by atoms with E-state index < -0.39 is 23.3 Å². The fourth-order valence-corrected chi connectivity index (χ4v) is 3.66. The van der Waals surface area contributed by atoms with Crippen LogP contribution in [0.25, 0.3) is 0 Å². The van der Waals surface area contributed by atoms with Crippen LogP contribution in [0.2, 0.25) is 0 Å². The Morgan fingerprint density at radius 3 is 2.59 bits per heavy atom. The van der Waals surface area contributed by atoms with Crippen LogP contribution < -0.4 is 31.0 Å². The van der Waals surface area contributed by atoms with Crippen LogP contribution in [0, 0.1) is 0 Å². The minimum Gasteiger partial charge on any atom is -0.486 e. The van der Waals surface area contributed by atoms with Crippen LogP contribution in [0.4, 0.5) is 23.1 Å². The molecule has 0 saturated heterocycles. The first kappa shape index (κ1) is 19.6. The third-order valence-electron chi connectivity index (χ3n) is 5.11. The monoisotopic (exact) mass is 433 g/mol. The van der Waals surface area contributed by atoms with Gasteiger partial charge in [-0.05, 0) is 24.3 Å². The molecular weight excluding hydrogens is 414 g/mol. The number of ether oxygens (including phenoxy) is 2. The lowest BCUT2D eigenvalue weighted by Gasteiger charge is -2.24. The molecular formula is C22H19N5O5. The minimum atomic E-state index is -0.992. The number of carbonyl (C=O) groups is 2. The second kappa shape index (κ2) is 8.06. The Morgan fingerprint density at radius 2 is 1.78 bits per heavy atom. The zero-order valence-corrected chi connectivity index (χ0v) is 16.8. The van der Waals surface area contributed by atoms with Crippen LogP contribution in [0.1, 0.15) is 17.9 Å². The molecule has 0 aliphatic carbocycles. The van der Waals surface area contributed by atoms with Gasteiger partial charge in [0.05, 0.1) is 11.5 Å². The lowest BCUT2D eigenvalue weighted by atomic mass is 9.92. The van der Waals surface area contributed by atoms with E-state index in [1.165, 1.54) is 0 Å². The molecule has 0 spiro atoms. The fraction of sp³-hybridized carbons (Fsp3) is 0.182. The third kappa shape index (κ3) is 3.85. The van der Waals surface area contributed by atoms with Crippen molar-refractivity contribution in [2.75, 3.05) is 29.2 Å². The number of anilines is 4. The Kier molecular flexibility index (Phi) is 4.94. The van der Waals surface area contributed by atoms with Gasteiger partial charge in [-0.15, -0.1) is 0 Å². The summed E-state index contributed by atoms with van der Waals surface area (Å²) in [6.07, 6.45) is -0.167. The lowest BCUT2D eigenvalue weighted by molar-refractivity contribution is -0.123. The smallest absolute Gasteiger partial charge is 0.258 e. The number of fused-ring (bicyclic) bond motifs is 2. The van der Waals surface area contributed by atoms with Gasteiger partial charge in [0.25, 0.3) is 5.56 Å². The molecule has 1 unspecified atom stereocenters. The number of nitrogens with zero attached hydrogens (tertiary/aromatic N) is 1. The van der Waals surface area contributed by atoms with Crippen molar-refractivity contribution in [3.05, 3.63) is 64.4 Å². The third-order valence-corrected chi connectivity index (χ3v) is 5.11. The van der Waals surface area contributed by atoms with E-state index in [0.29, 0.717) is 36.1 Å². The maximum absolute atomic E-state index is 13.0. The number of benzene rings is 2. The Morgan fingerprint density at radius 1 is 1.00 bits per heavy atom. The molecule has 3 aromatic rings. The Bertz CT molecular complexity index is 1260. The van der Waals surface area contributed by atoms with E-state index in [-0.39, 0.29) is 23.8 Å². The van der Waals surface area contributed by atoms with Crippen LogP contribution in [-0.4, -0.2) is 35.0 Å². The van der Waals surface area contributed by atoms with Crippen molar-refractivity contribution in [2.24, 2.45) is 0 Å². The molecule has 2 aromatic carbocycles. The van der Waals surface area contributed by atoms with E-state index in [9.17, 15) is 14.4 Å². The van der Waals surface area contributed by atoms with Crippen molar-refractivity contribution in [3.63, 3.8) is 0 Å². The van der Waals surface area contributed by atoms with E-state index in [0.717, 1.165) is 0 Å². The molecule has 5 rings (SSSR count). The van der Waals surface area contributed by atoms with Crippen LogP contribution in [-0.2, 0) is 9.59 Å². The first-order valence-corrected chi connectivity index (χ1v) is 10.0. The highest BCUT2D eigenvalue weighted by atomic mass is 16.6. The molecule has 3 heterocycles. The van der Waals surface area contributed by atoms with Gasteiger partial charge in [-0.2, -0.15) is 4.98 Å². The average Bonchev–Trinajstić information content (AvgIpc) is 2.79. The second-order valence-corrected chi connectivity index (χ2v) is 7.32. The maximum Gasteiger partial charge on any atom is 0.258 e. The summed E-state index contributed by atoms with van der Waals surface area (Å²) in [6.45, 7) is 0.880. The summed E-state index contributed by atoms with van der Waals surface area (Å²) in [5.41, 5.74) is 0.790. The summed E-state index contributed by atoms with van der Waals surface area (Å²) >= 11 is 0. The topological polar surface area (TPSA) is 134 Å². The van der Waals surface area contributed by atoms with E-state index in [1.54, 1.807) is 18.2 Å². The number of para-hydroxylation sites is 1. The Labute approximate surface area is 182 Å². The van der Waals surface area contributed by atoms with Gasteiger partial charge in [-0.3, -0.25) is 19.4 Å². The van der Waals surface area contributed by atoms with Crippen molar-refractivity contribution in [1.29, 1.82) is 0 Å². The number of aromatic nitrogens is 2. The molecule has 1 aromatic heterocycles. The molecule has 32 heavy (non-hydrogen) atoms. The van der Waals surface area contributed by atoms with Gasteiger partial charge in [0.2, 0.25) is 17.8 Å². The zero-order valence-electron chi connectivity index (χ0n) is 16.8. The summed E-state index contributed by atoms with van der Waals surface area (Å²) in [4.78, 5) is 45.1. The van der Waals surface area contributed by atoms with Crippen molar-refractivity contribution in [3.8, 4) is 11.5 Å². The quantitative estimate of drug-likeness (QED) is 0.496. The van der Waals surface area contributed by atoms with Crippen LogP contribution >= 0.6 is 0 Å². The van der Waals surface area contributed by atoms with E-state index >= 15 is 0 Å². The number of hydrogen-bond acceptors (Lipinski definition) is 7. The van der Waals surface area contributed by atoms with Crippen LogP contribution in [0.3, 0.4) is 0 Å². The Balaban J connectivity index is 1.41. The average molecular weight is 433 g/mol. The number of nitrogens with one attached hydrogen (secondary N) is 4. The highest BCUT2D eigenvalue weighted by Crippen LogP contribution is 2.34. The number of rotatable bonds is 4. The Hall–Kier alpha value is -4.34. The van der Waals surface area contributed by atoms with Crippen molar-refractivity contribution in [2.45, 2.75) is 12.3 Å². The normalized spacial score (nSPS) is 16.5. The zero-order chi connectivity index (χ0) is 22.1. The van der Waals surface area contributed by atoms with Gasteiger partial charge in [0.1, 0.15) is 19.0 Å². The first-order valence-electron chi connectivity index (χ1n) is 10.0. The van der Waals surface area contributed by atoms with Gasteiger partial charge in [-0.25, -0.2) is 0 Å². The van der Waals surface area contributed by atoms with Crippen molar-refractivity contribution >= 4 is 35.0 Å². The molecule has 162 valence electrons. The highest BCUT2D eigenvalue weighted by Gasteiger charge is 2.35. The maximum atomic E-state index is 13.0. The summed E-state index contributed by atoms with van der Waals surface area (Å²) in [7, 11) is 0. The predicted molar refractivity (Wildman–Crippen MR) is 117 cm³/mol. The van der Waals surface area contributed by atoms with Gasteiger partial charge < -0.3 is 25.4 Å². The van der Waals surface area contributed by atoms with E-state index in [1.807, 2.05) is 30.3 Å². The standard InChI is InChI=1S/C22H19N5O5/c28-17-11-14(20(29)23-13-6-7-15-16(10-13)32-9-8-31-15)18-19(25-17)26-22(27-21(18)30)24-12-4-2-1-3-5-12/h1-7,10,14H,8-9,11H2,(H,23,29)(H3,24,25,26,27,28,30). The molecule has 2 aliphatic heterocycles. The molecule has 1 atom stereocenters. The first-order chi connectivity index (χ1) is 15.6. The SMILES string of the molecule is O=C1CC(C(=O)Nc2ccc3c(c2)OCCO3)c2c(nc(Nc3ccccc3)[nH]c2=O)N1. The molecule has 10 heteroatoms. The number of H-pyrrole nitrogens is 1. The number of aromatic amines is 1. The van der Waals surface area contributed by atoms with Gasteiger partial charge in [0, 0.05) is 23.9 Å². The summed E-state index contributed by atoms with van der Waals surface area (Å²) in [6, 6.07) is 14.2. The minimum absolute atomic E-state index is 0.0609. The lowest BCUT2D eigenvalue weighted by Crippen LogP contribution is -2.36. The summed E-state index contributed by atoms with van der Waals surface area (Å²) in [5, 5.41) is 8.32. The van der Waals surface area contributed by atoms with Crippen molar-refractivity contribution in [1.82, 2.24) is 9.97 Å². The molecule has 0 fully saturated rings. The van der Waals surface area contributed by atoms with Crippen molar-refractivity contribution < 1.29 is 19.1 Å². The highest BCUT2D eigenvalue weighted by molar-refractivity contribution is 6.04. The molecule has 0 radical (unpaired) electrons. The number of amides is 2. The molecule has 0 saturated carbocycles. The molecule has 2 amide bonds. The van der Waals surface area contributed by atoms with Crippen LogP contribution in [0.15, 0.2) is 53.3 Å². The molecule has 4 N–H and O–H groups in total. The molecule has 0 bridgehead atoms. The van der Waals surface area contributed by atoms with Gasteiger partial charge >= 0.3 is 0 Å². The molecule has 10 nitrogen and oxygen atoms in total. The summed E-state index contributed by atoms with van der Waals surface area (Å²) < 4.78 is 11.0. The van der Waals surface area contributed by atoms with E-state index in [4.69, 9.17) is 9.47 Å².